The van der Waals surface area contributed by atoms with E-state index in [0.717, 1.165) is 21.0 Å². The number of benzene rings is 2. The number of halogens is 1. The molecular formula is C21H12BrN3O. The number of nitrogens with zero attached hydrogens (tertiary/aromatic N) is 3. The smallest absolute Gasteiger partial charge is 0.267 e. The molecule has 0 aliphatic carbocycles. The van der Waals surface area contributed by atoms with Gasteiger partial charge in [-0.2, -0.15) is 0 Å². The molecule has 0 saturated heterocycles. The molecule has 0 radical (unpaired) electrons. The molecule has 0 aliphatic heterocycles. The van der Waals surface area contributed by atoms with Gasteiger partial charge in [0.15, 0.2) is 0 Å². The average Bonchev–Trinajstić information content (AvgIpc) is 2.68. The third-order valence-electron chi connectivity index (χ3n) is 4.48. The van der Waals surface area contributed by atoms with Crippen molar-refractivity contribution in [2.75, 3.05) is 0 Å². The fourth-order valence-electron chi connectivity index (χ4n) is 3.29. The summed E-state index contributed by atoms with van der Waals surface area (Å²) in [5, 5.41) is 1.46. The third kappa shape index (κ3) is 2.24. The topological polar surface area (TPSA) is 47.3 Å². The Bertz CT molecular complexity index is 1360. The van der Waals surface area contributed by atoms with E-state index in [1.807, 2.05) is 60.7 Å². The van der Waals surface area contributed by atoms with Crippen LogP contribution in [0.2, 0.25) is 0 Å². The van der Waals surface area contributed by atoms with Gasteiger partial charge in [-0.15, -0.1) is 0 Å². The monoisotopic (exact) mass is 401 g/mol. The van der Waals surface area contributed by atoms with E-state index < -0.39 is 0 Å². The van der Waals surface area contributed by atoms with Gasteiger partial charge in [-0.05, 0) is 42.0 Å². The third-order valence-corrected chi connectivity index (χ3v) is 4.98. The molecule has 5 heteroatoms. The maximum absolute atomic E-state index is 13.3. The number of hydrogen-bond donors (Lipinski definition) is 0. The molecule has 0 unspecified atom stereocenters. The Morgan fingerprint density at radius 1 is 0.885 bits per heavy atom. The highest BCUT2D eigenvalue weighted by Gasteiger charge is 2.14. The Morgan fingerprint density at radius 2 is 1.73 bits per heavy atom. The predicted molar refractivity (Wildman–Crippen MR) is 107 cm³/mol. The Kier molecular flexibility index (Phi) is 3.36. The first-order valence-corrected chi connectivity index (χ1v) is 8.97. The van der Waals surface area contributed by atoms with Gasteiger partial charge >= 0.3 is 0 Å². The molecule has 5 rings (SSSR count). The van der Waals surface area contributed by atoms with Crippen molar-refractivity contribution in [1.82, 2.24) is 14.4 Å². The van der Waals surface area contributed by atoms with Gasteiger partial charge in [-0.25, -0.2) is 14.4 Å². The van der Waals surface area contributed by atoms with Crippen LogP contribution in [0.4, 0.5) is 0 Å². The molecule has 0 aliphatic rings. The summed E-state index contributed by atoms with van der Waals surface area (Å²) in [4.78, 5) is 22.6. The van der Waals surface area contributed by atoms with Gasteiger partial charge in [-0.1, -0.05) is 46.3 Å². The molecule has 26 heavy (non-hydrogen) atoms. The second-order valence-corrected chi connectivity index (χ2v) is 6.99. The van der Waals surface area contributed by atoms with Crippen molar-refractivity contribution in [3.05, 3.63) is 87.8 Å². The lowest BCUT2D eigenvalue weighted by atomic mass is 10.0. The highest BCUT2D eigenvalue weighted by Crippen LogP contribution is 2.28. The lowest BCUT2D eigenvalue weighted by Gasteiger charge is -2.12. The molecular weight excluding hydrogens is 390 g/mol. The average molecular weight is 402 g/mol. The molecule has 0 bridgehead atoms. The number of aromatic nitrogens is 3. The van der Waals surface area contributed by atoms with Crippen LogP contribution in [-0.4, -0.2) is 14.4 Å². The van der Waals surface area contributed by atoms with E-state index >= 15 is 0 Å². The Hall–Kier alpha value is -3.05. The fourth-order valence-corrected chi connectivity index (χ4v) is 3.66. The fraction of sp³-hybridized carbons (Fsp3) is 0. The Balaban J connectivity index is 2.07. The zero-order valence-corrected chi connectivity index (χ0v) is 15.1. The first-order chi connectivity index (χ1) is 12.7. The van der Waals surface area contributed by atoms with Crippen molar-refractivity contribution in [3.8, 4) is 11.1 Å². The summed E-state index contributed by atoms with van der Waals surface area (Å²) in [6, 6.07) is 21.4. The molecule has 0 spiro atoms. The first kappa shape index (κ1) is 15.2. The quantitative estimate of drug-likeness (QED) is 0.298. The minimum atomic E-state index is -0.118. The highest BCUT2D eigenvalue weighted by atomic mass is 79.9. The van der Waals surface area contributed by atoms with E-state index in [9.17, 15) is 4.79 Å². The molecule has 3 aromatic heterocycles. The van der Waals surface area contributed by atoms with Crippen LogP contribution >= 0.6 is 15.9 Å². The summed E-state index contributed by atoms with van der Waals surface area (Å²) in [6.07, 6.45) is 1.70. The summed E-state index contributed by atoms with van der Waals surface area (Å²) in [6.45, 7) is 0. The molecule has 2 aromatic carbocycles. The molecule has 3 heterocycles. The van der Waals surface area contributed by atoms with Gasteiger partial charge in [-0.3, -0.25) is 4.79 Å². The SMILES string of the molecule is O=c1c2cc(Br)ccc2nc2c(-c3ccccc3)cc3cccnc3n12. The van der Waals surface area contributed by atoms with Gasteiger partial charge in [0.2, 0.25) is 0 Å². The van der Waals surface area contributed by atoms with Gasteiger partial charge in [0.05, 0.1) is 10.9 Å². The molecule has 0 amide bonds. The summed E-state index contributed by atoms with van der Waals surface area (Å²) in [7, 11) is 0. The van der Waals surface area contributed by atoms with Crippen molar-refractivity contribution < 1.29 is 0 Å². The standard InChI is InChI=1S/C21H12BrN3O/c22-15-8-9-18-17(12-15)21(26)25-19-14(7-4-10-23-19)11-16(20(25)24-18)13-5-2-1-3-6-13/h1-12H. The number of fused-ring (bicyclic) bond motifs is 4. The summed E-state index contributed by atoms with van der Waals surface area (Å²) in [5.41, 5.74) is 3.70. The van der Waals surface area contributed by atoms with Crippen molar-refractivity contribution in [2.45, 2.75) is 0 Å². The maximum atomic E-state index is 13.3. The van der Waals surface area contributed by atoms with E-state index in [-0.39, 0.29) is 5.56 Å². The van der Waals surface area contributed by atoms with Crippen LogP contribution in [0, 0.1) is 0 Å². The van der Waals surface area contributed by atoms with E-state index in [4.69, 9.17) is 4.98 Å². The van der Waals surface area contributed by atoms with Crippen molar-refractivity contribution in [1.29, 1.82) is 0 Å². The van der Waals surface area contributed by atoms with Crippen LogP contribution in [0.15, 0.2) is 82.2 Å². The Labute approximate surface area is 156 Å². The second-order valence-electron chi connectivity index (χ2n) is 6.08. The van der Waals surface area contributed by atoms with E-state index in [2.05, 4.69) is 20.9 Å². The van der Waals surface area contributed by atoms with E-state index in [0.29, 0.717) is 22.2 Å². The van der Waals surface area contributed by atoms with E-state index in [1.165, 1.54) is 0 Å². The molecule has 4 nitrogen and oxygen atoms in total. The molecule has 124 valence electrons. The normalized spacial score (nSPS) is 11.4. The summed E-state index contributed by atoms with van der Waals surface area (Å²) < 4.78 is 2.47. The predicted octanol–water partition coefficient (Wildman–Crippen LogP) is 4.83. The summed E-state index contributed by atoms with van der Waals surface area (Å²) in [5.74, 6) is 0. The second kappa shape index (κ2) is 5.75. The largest absolute Gasteiger partial charge is 0.268 e. The molecule has 0 atom stereocenters. The highest BCUT2D eigenvalue weighted by molar-refractivity contribution is 9.10. The number of rotatable bonds is 1. The molecule has 0 fully saturated rings. The maximum Gasteiger partial charge on any atom is 0.267 e. The van der Waals surface area contributed by atoms with Gasteiger partial charge in [0.25, 0.3) is 5.56 Å². The van der Waals surface area contributed by atoms with Crippen LogP contribution in [-0.2, 0) is 0 Å². The lowest BCUT2D eigenvalue weighted by molar-refractivity contribution is 1.10. The van der Waals surface area contributed by atoms with Gasteiger partial charge < -0.3 is 0 Å². The van der Waals surface area contributed by atoms with Crippen LogP contribution < -0.4 is 5.56 Å². The van der Waals surface area contributed by atoms with Crippen LogP contribution in [0.1, 0.15) is 0 Å². The molecule has 5 aromatic rings. The summed E-state index contributed by atoms with van der Waals surface area (Å²) >= 11 is 3.44. The minimum Gasteiger partial charge on any atom is -0.268 e. The van der Waals surface area contributed by atoms with Crippen molar-refractivity contribution in [2.24, 2.45) is 0 Å². The van der Waals surface area contributed by atoms with Gasteiger partial charge in [0.1, 0.15) is 11.3 Å². The first-order valence-electron chi connectivity index (χ1n) is 8.17. The van der Waals surface area contributed by atoms with Gasteiger partial charge in [0, 0.05) is 21.6 Å². The van der Waals surface area contributed by atoms with Crippen molar-refractivity contribution in [3.63, 3.8) is 0 Å². The number of hydrogen-bond acceptors (Lipinski definition) is 3. The zero-order chi connectivity index (χ0) is 17.7. The van der Waals surface area contributed by atoms with E-state index in [1.54, 1.807) is 16.7 Å². The van der Waals surface area contributed by atoms with Crippen LogP contribution in [0.5, 0.6) is 0 Å². The molecule has 0 saturated carbocycles. The van der Waals surface area contributed by atoms with Crippen LogP contribution in [0.3, 0.4) is 0 Å². The Morgan fingerprint density at radius 3 is 2.58 bits per heavy atom. The van der Waals surface area contributed by atoms with Crippen molar-refractivity contribution >= 4 is 43.5 Å². The number of pyridine rings is 2. The van der Waals surface area contributed by atoms with Crippen LogP contribution in [0.25, 0.3) is 38.7 Å². The lowest BCUT2D eigenvalue weighted by Crippen LogP contribution is -2.17. The zero-order valence-electron chi connectivity index (χ0n) is 13.6. The minimum absolute atomic E-state index is 0.118. The molecule has 0 N–H and O–H groups in total.